The number of benzene rings is 1. The first-order valence-electron chi connectivity index (χ1n) is 5.62. The molecule has 0 fully saturated rings. The quantitative estimate of drug-likeness (QED) is 0.847. The van der Waals surface area contributed by atoms with Gasteiger partial charge in [-0.15, -0.1) is 0 Å². The van der Waals surface area contributed by atoms with Crippen LogP contribution in [-0.2, 0) is 0 Å². The Hall–Kier alpha value is -1.33. The summed E-state index contributed by atoms with van der Waals surface area (Å²) in [6.07, 6.45) is 0. The summed E-state index contributed by atoms with van der Waals surface area (Å²) in [6.45, 7) is 3.68. The fourth-order valence-electron chi connectivity index (χ4n) is 1.60. The zero-order valence-corrected chi connectivity index (χ0v) is 13.1. The number of rotatable bonds is 3. The number of methoxy groups -OCH3 is 1. The van der Waals surface area contributed by atoms with E-state index < -0.39 is 0 Å². The van der Waals surface area contributed by atoms with E-state index in [0.29, 0.717) is 16.8 Å². The van der Waals surface area contributed by atoms with E-state index in [1.165, 1.54) is 0 Å². The van der Waals surface area contributed by atoms with Gasteiger partial charge in [-0.2, -0.15) is 0 Å². The lowest BCUT2D eigenvalue weighted by atomic mass is 10.2. The molecule has 0 aliphatic rings. The molecule has 1 heterocycles. The Bertz CT molecular complexity index is 619. The van der Waals surface area contributed by atoms with Crippen molar-refractivity contribution in [3.63, 3.8) is 0 Å². The maximum atomic E-state index is 6.04. The van der Waals surface area contributed by atoms with Crippen molar-refractivity contribution < 1.29 is 4.74 Å². The lowest BCUT2D eigenvalue weighted by Gasteiger charge is -2.11. The summed E-state index contributed by atoms with van der Waals surface area (Å²) in [6, 6.07) is 5.70. The van der Waals surface area contributed by atoms with Gasteiger partial charge < -0.3 is 10.1 Å². The normalized spacial score (nSPS) is 10.4. The van der Waals surface area contributed by atoms with Crippen LogP contribution in [0.25, 0.3) is 0 Å². The van der Waals surface area contributed by atoms with Crippen LogP contribution in [0, 0.1) is 13.8 Å². The van der Waals surface area contributed by atoms with Crippen molar-refractivity contribution in [2.75, 3.05) is 12.4 Å². The zero-order valence-electron chi connectivity index (χ0n) is 10.8. The average Bonchev–Trinajstić information content (AvgIpc) is 2.35. The van der Waals surface area contributed by atoms with Gasteiger partial charge in [-0.1, -0.05) is 11.6 Å². The summed E-state index contributed by atoms with van der Waals surface area (Å²) in [5, 5.41) is 3.69. The predicted octanol–water partition coefficient (Wildman–Crippen LogP) is 4.26. The Morgan fingerprint density at radius 1 is 1.26 bits per heavy atom. The number of ether oxygens (including phenoxy) is 1. The standard InChI is InChI=1S/C13H13BrClN3O/c1-7-12(15)16-8(2)17-13(7)18-9-4-5-11(19-3)10(14)6-9/h4-6H,1-3H3,(H,16,17,18). The molecule has 0 aliphatic carbocycles. The van der Waals surface area contributed by atoms with Gasteiger partial charge in [0.25, 0.3) is 0 Å². The number of aryl methyl sites for hydroxylation is 1. The number of anilines is 2. The third-order valence-electron chi connectivity index (χ3n) is 2.61. The van der Waals surface area contributed by atoms with Crippen molar-refractivity contribution >= 4 is 39.0 Å². The highest BCUT2D eigenvalue weighted by atomic mass is 79.9. The molecule has 100 valence electrons. The summed E-state index contributed by atoms with van der Waals surface area (Å²) in [4.78, 5) is 8.45. The molecule has 0 spiro atoms. The summed E-state index contributed by atoms with van der Waals surface area (Å²) in [5.74, 6) is 2.11. The van der Waals surface area contributed by atoms with E-state index in [4.69, 9.17) is 16.3 Å². The minimum absolute atomic E-state index is 0.461. The topological polar surface area (TPSA) is 47.0 Å². The molecule has 1 aromatic carbocycles. The molecule has 0 aliphatic heterocycles. The van der Waals surface area contributed by atoms with Crippen molar-refractivity contribution in [1.29, 1.82) is 0 Å². The third-order valence-corrected chi connectivity index (χ3v) is 3.60. The van der Waals surface area contributed by atoms with Crippen LogP contribution in [0.4, 0.5) is 11.5 Å². The van der Waals surface area contributed by atoms with Gasteiger partial charge in [0, 0.05) is 11.3 Å². The van der Waals surface area contributed by atoms with Crippen molar-refractivity contribution in [1.82, 2.24) is 9.97 Å². The minimum atomic E-state index is 0.461. The Balaban J connectivity index is 2.33. The molecule has 2 aromatic rings. The van der Waals surface area contributed by atoms with Crippen LogP contribution in [0.2, 0.25) is 5.15 Å². The molecular formula is C13H13BrClN3O. The third kappa shape index (κ3) is 3.16. The Kier molecular flexibility index (Phi) is 4.27. The van der Waals surface area contributed by atoms with Gasteiger partial charge in [-0.25, -0.2) is 9.97 Å². The molecule has 1 aromatic heterocycles. The van der Waals surface area contributed by atoms with E-state index in [1.807, 2.05) is 25.1 Å². The van der Waals surface area contributed by atoms with Gasteiger partial charge in [0.05, 0.1) is 11.6 Å². The van der Waals surface area contributed by atoms with Crippen molar-refractivity contribution in [2.24, 2.45) is 0 Å². The molecule has 6 heteroatoms. The number of nitrogens with one attached hydrogen (secondary N) is 1. The minimum Gasteiger partial charge on any atom is -0.496 e. The average molecular weight is 343 g/mol. The predicted molar refractivity (Wildman–Crippen MR) is 80.5 cm³/mol. The molecule has 0 saturated carbocycles. The number of halogens is 2. The van der Waals surface area contributed by atoms with E-state index in [2.05, 4.69) is 31.2 Å². The van der Waals surface area contributed by atoms with Crippen molar-refractivity contribution in [2.45, 2.75) is 13.8 Å². The molecule has 2 rings (SSSR count). The molecule has 4 nitrogen and oxygen atoms in total. The van der Waals surface area contributed by atoms with E-state index in [9.17, 15) is 0 Å². The first kappa shape index (κ1) is 14.1. The first-order chi connectivity index (χ1) is 9.01. The van der Waals surface area contributed by atoms with Gasteiger partial charge >= 0.3 is 0 Å². The number of hydrogen-bond acceptors (Lipinski definition) is 4. The second-order valence-corrected chi connectivity index (χ2v) is 5.22. The molecule has 0 unspecified atom stereocenters. The van der Waals surface area contributed by atoms with Crippen LogP contribution >= 0.6 is 27.5 Å². The Morgan fingerprint density at radius 2 is 2.00 bits per heavy atom. The van der Waals surface area contributed by atoms with E-state index >= 15 is 0 Å². The second-order valence-electron chi connectivity index (χ2n) is 4.01. The Labute approximate surface area is 125 Å². The van der Waals surface area contributed by atoms with Gasteiger partial charge in [-0.3, -0.25) is 0 Å². The van der Waals surface area contributed by atoms with Gasteiger partial charge in [-0.05, 0) is 48.0 Å². The molecular weight excluding hydrogens is 330 g/mol. The summed E-state index contributed by atoms with van der Waals surface area (Å²) >= 11 is 9.49. The zero-order chi connectivity index (χ0) is 14.0. The van der Waals surface area contributed by atoms with Gasteiger partial charge in [0.15, 0.2) is 0 Å². The first-order valence-corrected chi connectivity index (χ1v) is 6.79. The second kappa shape index (κ2) is 5.75. The summed E-state index contributed by atoms with van der Waals surface area (Å²) in [7, 11) is 1.63. The lowest BCUT2D eigenvalue weighted by Crippen LogP contribution is -2.01. The largest absolute Gasteiger partial charge is 0.496 e. The lowest BCUT2D eigenvalue weighted by molar-refractivity contribution is 0.412. The van der Waals surface area contributed by atoms with Crippen molar-refractivity contribution in [3.05, 3.63) is 39.2 Å². The van der Waals surface area contributed by atoms with Gasteiger partial charge in [0.2, 0.25) is 0 Å². The molecule has 1 N–H and O–H groups in total. The molecule has 0 radical (unpaired) electrons. The van der Waals surface area contributed by atoms with Crippen LogP contribution in [0.1, 0.15) is 11.4 Å². The molecule has 0 saturated heterocycles. The summed E-state index contributed by atoms with van der Waals surface area (Å²) < 4.78 is 6.06. The maximum Gasteiger partial charge on any atom is 0.138 e. The van der Waals surface area contributed by atoms with Gasteiger partial charge in [0.1, 0.15) is 22.5 Å². The van der Waals surface area contributed by atoms with Crippen LogP contribution in [0.15, 0.2) is 22.7 Å². The Morgan fingerprint density at radius 3 is 2.63 bits per heavy atom. The van der Waals surface area contributed by atoms with Crippen LogP contribution in [0.3, 0.4) is 0 Å². The monoisotopic (exact) mass is 341 g/mol. The molecule has 0 bridgehead atoms. The summed E-state index contributed by atoms with van der Waals surface area (Å²) in [5.41, 5.74) is 1.71. The highest BCUT2D eigenvalue weighted by Gasteiger charge is 2.08. The molecule has 0 atom stereocenters. The van der Waals surface area contributed by atoms with Crippen LogP contribution in [0.5, 0.6) is 5.75 Å². The molecule has 19 heavy (non-hydrogen) atoms. The maximum absolute atomic E-state index is 6.04. The van der Waals surface area contributed by atoms with E-state index in [-0.39, 0.29) is 0 Å². The number of hydrogen-bond donors (Lipinski definition) is 1. The van der Waals surface area contributed by atoms with Crippen LogP contribution < -0.4 is 10.1 Å². The SMILES string of the molecule is COc1ccc(Nc2nc(C)nc(Cl)c2C)cc1Br. The smallest absolute Gasteiger partial charge is 0.138 e. The van der Waals surface area contributed by atoms with Crippen LogP contribution in [-0.4, -0.2) is 17.1 Å². The van der Waals surface area contributed by atoms with E-state index in [1.54, 1.807) is 14.0 Å². The fraction of sp³-hybridized carbons (Fsp3) is 0.231. The van der Waals surface area contributed by atoms with E-state index in [0.717, 1.165) is 21.5 Å². The highest BCUT2D eigenvalue weighted by Crippen LogP contribution is 2.30. The highest BCUT2D eigenvalue weighted by molar-refractivity contribution is 9.10. The number of aromatic nitrogens is 2. The number of nitrogens with zero attached hydrogens (tertiary/aromatic N) is 2. The molecule has 0 amide bonds. The van der Waals surface area contributed by atoms with Crippen molar-refractivity contribution in [3.8, 4) is 5.75 Å². The fourth-order valence-corrected chi connectivity index (χ4v) is 2.35.